The number of nitrogens with zero attached hydrogens (tertiary/aromatic N) is 3. The quantitative estimate of drug-likeness (QED) is 0.710. The maximum atomic E-state index is 12.1. The molecule has 9 nitrogen and oxygen atoms in total. The zero-order chi connectivity index (χ0) is 20.1. The third kappa shape index (κ3) is 3.15. The summed E-state index contributed by atoms with van der Waals surface area (Å²) in [6.07, 6.45) is 4.54. The molecule has 0 fully saturated rings. The molecule has 0 radical (unpaired) electrons. The van der Waals surface area contributed by atoms with Gasteiger partial charge in [-0.2, -0.15) is 0 Å². The number of pyridine rings is 2. The number of fused-ring (bicyclic) bond motifs is 2. The molecule has 0 spiro atoms. The van der Waals surface area contributed by atoms with Gasteiger partial charge in [-0.1, -0.05) is 0 Å². The van der Waals surface area contributed by atoms with E-state index in [0.717, 1.165) is 17.2 Å². The van der Waals surface area contributed by atoms with E-state index in [2.05, 4.69) is 15.3 Å². The fraction of sp³-hybridized carbons (Fsp3) is 0.278. The highest BCUT2D eigenvalue weighted by atomic mass is 32.2. The van der Waals surface area contributed by atoms with Gasteiger partial charge in [0.05, 0.1) is 11.7 Å². The highest BCUT2D eigenvalue weighted by Gasteiger charge is 2.25. The van der Waals surface area contributed by atoms with E-state index in [4.69, 9.17) is 9.47 Å². The first-order valence-corrected chi connectivity index (χ1v) is 10.4. The summed E-state index contributed by atoms with van der Waals surface area (Å²) >= 11 is 0. The molecule has 0 aromatic carbocycles. The monoisotopic (exact) mass is 402 g/mol. The van der Waals surface area contributed by atoms with Gasteiger partial charge in [-0.25, -0.2) is 18.4 Å². The smallest absolute Gasteiger partial charge is 0.222 e. The fourth-order valence-corrected chi connectivity index (χ4v) is 3.70. The second kappa shape index (κ2) is 6.48. The Labute approximate surface area is 161 Å². The summed E-state index contributed by atoms with van der Waals surface area (Å²) in [6.45, 7) is 2.06. The Morgan fingerprint density at radius 3 is 2.71 bits per heavy atom. The van der Waals surface area contributed by atoms with Crippen molar-refractivity contribution < 1.29 is 22.7 Å². The number of nitrogens with one attached hydrogen (secondary N) is 1. The van der Waals surface area contributed by atoms with Crippen molar-refractivity contribution >= 4 is 32.5 Å². The van der Waals surface area contributed by atoms with E-state index in [1.165, 1.54) is 13.0 Å². The first kappa shape index (κ1) is 18.2. The number of ether oxygens (including phenoxy) is 2. The number of aromatic nitrogens is 3. The number of carbonyl (C=O) groups excluding carboxylic acids is 1. The van der Waals surface area contributed by atoms with Crippen LogP contribution in [0.5, 0.6) is 11.5 Å². The van der Waals surface area contributed by atoms with Gasteiger partial charge in [0.2, 0.25) is 5.91 Å². The van der Waals surface area contributed by atoms with Gasteiger partial charge in [-0.05, 0) is 6.07 Å². The number of anilines is 1. The third-order valence-corrected chi connectivity index (χ3v) is 5.29. The Bertz CT molecular complexity index is 1220. The molecule has 10 heteroatoms. The number of hydrogen-bond donors (Lipinski definition) is 1. The topological polar surface area (TPSA) is 112 Å². The predicted octanol–water partition coefficient (Wildman–Crippen LogP) is 1.77. The van der Waals surface area contributed by atoms with Crippen molar-refractivity contribution in [3.05, 3.63) is 24.5 Å². The lowest BCUT2D eigenvalue weighted by Gasteiger charge is -2.21. The van der Waals surface area contributed by atoms with Crippen molar-refractivity contribution in [2.75, 3.05) is 24.8 Å². The second-order valence-corrected chi connectivity index (χ2v) is 8.49. The van der Waals surface area contributed by atoms with Crippen LogP contribution in [-0.4, -0.2) is 48.3 Å². The van der Waals surface area contributed by atoms with Gasteiger partial charge in [0.15, 0.2) is 26.4 Å². The molecule has 1 aliphatic heterocycles. The molecule has 0 saturated carbocycles. The number of sulfone groups is 1. The molecule has 4 heterocycles. The highest BCUT2D eigenvalue weighted by Crippen LogP contribution is 2.43. The molecule has 3 aromatic rings. The van der Waals surface area contributed by atoms with Crippen molar-refractivity contribution in [3.8, 4) is 22.8 Å². The van der Waals surface area contributed by atoms with Crippen LogP contribution in [0, 0.1) is 0 Å². The van der Waals surface area contributed by atoms with Crippen LogP contribution in [0.15, 0.2) is 29.6 Å². The minimum Gasteiger partial charge on any atom is -0.486 e. The lowest BCUT2D eigenvalue weighted by Crippen LogP contribution is -2.17. The van der Waals surface area contributed by atoms with Gasteiger partial charge < -0.3 is 19.4 Å². The van der Waals surface area contributed by atoms with Gasteiger partial charge in [0.1, 0.15) is 24.7 Å². The normalized spacial score (nSPS) is 13.5. The lowest BCUT2D eigenvalue weighted by atomic mass is 10.1. The van der Waals surface area contributed by atoms with Crippen molar-refractivity contribution in [1.29, 1.82) is 0 Å². The van der Waals surface area contributed by atoms with E-state index < -0.39 is 9.84 Å². The molecule has 0 saturated heterocycles. The van der Waals surface area contributed by atoms with E-state index in [1.807, 2.05) is 17.8 Å². The predicted molar refractivity (Wildman–Crippen MR) is 102 cm³/mol. The van der Waals surface area contributed by atoms with Gasteiger partial charge >= 0.3 is 0 Å². The number of rotatable bonds is 3. The Morgan fingerprint density at radius 2 is 2.00 bits per heavy atom. The molecule has 0 atom stereocenters. The molecule has 1 amide bonds. The minimum atomic E-state index is -3.56. The van der Waals surface area contributed by atoms with Crippen LogP contribution < -0.4 is 14.8 Å². The Balaban J connectivity index is 2.00. The van der Waals surface area contributed by atoms with Gasteiger partial charge in [0.25, 0.3) is 0 Å². The molecule has 28 heavy (non-hydrogen) atoms. The van der Waals surface area contributed by atoms with Crippen molar-refractivity contribution in [1.82, 2.24) is 14.5 Å². The Hall–Kier alpha value is -3.14. The van der Waals surface area contributed by atoms with Crippen LogP contribution in [-0.2, 0) is 21.7 Å². The largest absolute Gasteiger partial charge is 0.486 e. The minimum absolute atomic E-state index is 0.0973. The molecule has 1 aliphatic rings. The fourth-order valence-electron chi connectivity index (χ4n) is 3.12. The molecule has 0 bridgehead atoms. The number of hydrogen-bond acceptors (Lipinski definition) is 7. The summed E-state index contributed by atoms with van der Waals surface area (Å²) < 4.78 is 37.5. The van der Waals surface area contributed by atoms with Crippen LogP contribution in [0.25, 0.3) is 22.2 Å². The molecule has 0 unspecified atom stereocenters. The average molecular weight is 402 g/mol. The molecule has 0 aliphatic carbocycles. The average Bonchev–Trinajstić information content (AvgIpc) is 2.95. The molecular weight excluding hydrogens is 384 g/mol. The molecule has 4 rings (SSSR count). The third-order valence-electron chi connectivity index (χ3n) is 4.32. The second-order valence-electron chi connectivity index (χ2n) is 6.53. The molecule has 1 N–H and O–H groups in total. The van der Waals surface area contributed by atoms with Crippen molar-refractivity contribution in [2.24, 2.45) is 7.05 Å². The van der Waals surface area contributed by atoms with E-state index in [-0.39, 0.29) is 10.9 Å². The van der Waals surface area contributed by atoms with Crippen molar-refractivity contribution in [3.63, 3.8) is 0 Å². The van der Waals surface area contributed by atoms with Gasteiger partial charge in [0, 0.05) is 43.4 Å². The Morgan fingerprint density at radius 1 is 1.25 bits per heavy atom. The zero-order valence-electron chi connectivity index (χ0n) is 15.5. The summed E-state index contributed by atoms with van der Waals surface area (Å²) in [6, 6.07) is 3.10. The van der Waals surface area contributed by atoms with Crippen molar-refractivity contribution in [2.45, 2.75) is 11.9 Å². The summed E-state index contributed by atoms with van der Waals surface area (Å²) in [4.78, 5) is 20.0. The number of carbonyl (C=O) groups is 1. The number of aryl methyl sites for hydroxylation is 1. The standard InChI is InChI=1S/C18H18N4O5S/c1-10(23)20-15-6-11-12(9-22(2)13(11)8-19-15)17-18-14(26-4-5-27-18)7-16(21-17)28(3,24)25/h6-9H,4-5H2,1-3H3,(H,19,20,23). The van der Waals surface area contributed by atoms with Crippen LogP contribution in [0.2, 0.25) is 0 Å². The summed E-state index contributed by atoms with van der Waals surface area (Å²) in [5, 5.41) is 3.30. The first-order valence-electron chi connectivity index (χ1n) is 8.48. The Kier molecular flexibility index (Phi) is 4.22. The summed E-state index contributed by atoms with van der Waals surface area (Å²) in [5.41, 5.74) is 1.81. The van der Waals surface area contributed by atoms with E-state index in [0.29, 0.717) is 41.8 Å². The van der Waals surface area contributed by atoms with E-state index >= 15 is 0 Å². The maximum absolute atomic E-state index is 12.1. The SMILES string of the molecule is CC(=O)Nc1cc2c(-c3nc(S(C)(=O)=O)cc4c3OCCO4)cn(C)c2cn1. The first-order chi connectivity index (χ1) is 13.2. The van der Waals surface area contributed by atoms with Crippen LogP contribution in [0.1, 0.15) is 6.92 Å². The zero-order valence-corrected chi connectivity index (χ0v) is 16.3. The highest BCUT2D eigenvalue weighted by molar-refractivity contribution is 7.90. The van der Waals surface area contributed by atoms with Crippen LogP contribution >= 0.6 is 0 Å². The summed E-state index contributed by atoms with van der Waals surface area (Å²) in [7, 11) is -1.72. The molecule has 146 valence electrons. The van der Waals surface area contributed by atoms with Gasteiger partial charge in [-0.3, -0.25) is 4.79 Å². The van der Waals surface area contributed by atoms with Crippen LogP contribution in [0.3, 0.4) is 0 Å². The van der Waals surface area contributed by atoms with Gasteiger partial charge in [-0.15, -0.1) is 0 Å². The molecular formula is C18H18N4O5S. The maximum Gasteiger partial charge on any atom is 0.222 e. The lowest BCUT2D eigenvalue weighted by molar-refractivity contribution is -0.114. The summed E-state index contributed by atoms with van der Waals surface area (Å²) in [5.74, 6) is 0.877. The molecule has 3 aromatic heterocycles. The number of amides is 1. The van der Waals surface area contributed by atoms with E-state index in [1.54, 1.807) is 12.3 Å². The van der Waals surface area contributed by atoms with E-state index in [9.17, 15) is 13.2 Å². The van der Waals surface area contributed by atoms with Crippen LogP contribution in [0.4, 0.5) is 5.82 Å².